The van der Waals surface area contributed by atoms with Gasteiger partial charge in [-0.2, -0.15) is 0 Å². The Morgan fingerprint density at radius 2 is 0.981 bits per heavy atom. The number of carbonyl (C=O) groups excluding carboxylic acids is 1. The monoisotopic (exact) mass is 774 g/mol. The van der Waals surface area contributed by atoms with Gasteiger partial charge in [0, 0.05) is 13.0 Å². The number of hydrogen-bond donors (Lipinski definition) is 0. The zero-order chi connectivity index (χ0) is 39.1. The first-order valence-electron chi connectivity index (χ1n) is 22.4. The Labute approximate surface area is 329 Å². The lowest BCUT2D eigenvalue weighted by Crippen LogP contribution is -2.37. The molecule has 0 fully saturated rings. The molecule has 0 saturated heterocycles. The highest BCUT2D eigenvalue weighted by Crippen LogP contribution is 2.38. The van der Waals surface area contributed by atoms with E-state index in [0.29, 0.717) is 24.1 Å². The smallest absolute Gasteiger partial charge is 0.306 e. The highest BCUT2D eigenvalue weighted by atomic mass is 31.2. The maximum Gasteiger partial charge on any atom is 0.306 e. The molecule has 53 heavy (non-hydrogen) atoms. The first-order valence-corrected chi connectivity index (χ1v) is 23.9. The molecule has 2 unspecified atom stereocenters. The summed E-state index contributed by atoms with van der Waals surface area (Å²) in [4.78, 5) is 25.0. The van der Waals surface area contributed by atoms with Crippen molar-refractivity contribution in [1.29, 1.82) is 0 Å². The van der Waals surface area contributed by atoms with Gasteiger partial charge in [0.25, 0.3) is 7.82 Å². The quantitative estimate of drug-likeness (QED) is 0.0200. The molecule has 2 atom stereocenters. The number of hydrogen-bond acceptors (Lipinski definition) is 7. The third-order valence-corrected chi connectivity index (χ3v) is 10.8. The molecule has 0 aliphatic rings. The third-order valence-electron chi connectivity index (χ3n) is 9.82. The van der Waals surface area contributed by atoms with E-state index in [1.54, 1.807) is 0 Å². The lowest BCUT2D eigenvalue weighted by molar-refractivity contribution is -0.870. The normalized spacial score (nSPS) is 13.8. The molecule has 0 heterocycles. The van der Waals surface area contributed by atoms with Crippen molar-refractivity contribution in [1.82, 2.24) is 0 Å². The van der Waals surface area contributed by atoms with Crippen molar-refractivity contribution in [2.75, 3.05) is 54.1 Å². The van der Waals surface area contributed by atoms with E-state index >= 15 is 0 Å². The molecule has 0 N–H and O–H groups in total. The van der Waals surface area contributed by atoms with Crippen LogP contribution in [0.5, 0.6) is 0 Å². The number of ether oxygens (including phenoxy) is 2. The minimum atomic E-state index is -4.52. The molecule has 0 aliphatic carbocycles. The van der Waals surface area contributed by atoms with Crippen LogP contribution in [0.3, 0.4) is 0 Å². The van der Waals surface area contributed by atoms with Gasteiger partial charge in [-0.3, -0.25) is 9.36 Å². The first kappa shape index (κ1) is 52.2. The maximum atomic E-state index is 12.7. The fourth-order valence-electron chi connectivity index (χ4n) is 6.31. The second kappa shape index (κ2) is 38.1. The number of rotatable bonds is 42. The number of likely N-dealkylation sites (N-methyl/N-ethyl adjacent to an activating group) is 1. The SMILES string of the molecule is CCCCCCCCC/C=C\CCCCCCCCOCC(COP(=O)([O-])OCC[N+](C)(C)C)OC(=O)CCCCCCCCCCCCCCCC. The molecule has 316 valence electrons. The van der Waals surface area contributed by atoms with Crippen molar-refractivity contribution in [2.45, 2.75) is 213 Å². The van der Waals surface area contributed by atoms with Crippen LogP contribution in [0, 0.1) is 0 Å². The fraction of sp³-hybridized carbons (Fsp3) is 0.932. The summed E-state index contributed by atoms with van der Waals surface area (Å²) in [7, 11) is 1.36. The van der Waals surface area contributed by atoms with Crippen LogP contribution in [-0.2, 0) is 27.9 Å². The first-order chi connectivity index (χ1) is 25.6. The summed E-state index contributed by atoms with van der Waals surface area (Å²) in [5.74, 6) is -0.333. The van der Waals surface area contributed by atoms with Gasteiger partial charge in [0.05, 0.1) is 34.4 Å². The van der Waals surface area contributed by atoms with Crippen LogP contribution in [0.1, 0.15) is 206 Å². The second-order valence-electron chi connectivity index (χ2n) is 16.4. The fourth-order valence-corrected chi connectivity index (χ4v) is 7.03. The van der Waals surface area contributed by atoms with Crippen molar-refractivity contribution in [3.8, 4) is 0 Å². The Morgan fingerprint density at radius 3 is 1.43 bits per heavy atom. The van der Waals surface area contributed by atoms with Crippen LogP contribution in [-0.4, -0.2) is 70.7 Å². The predicted octanol–water partition coefficient (Wildman–Crippen LogP) is 12.4. The van der Waals surface area contributed by atoms with E-state index in [1.807, 2.05) is 21.1 Å². The average molecular weight is 774 g/mol. The molecule has 0 aromatic rings. The minimum Gasteiger partial charge on any atom is -0.756 e. The minimum absolute atomic E-state index is 0.0281. The van der Waals surface area contributed by atoms with Gasteiger partial charge in [0.1, 0.15) is 19.3 Å². The molecule has 0 radical (unpaired) electrons. The summed E-state index contributed by atoms with van der Waals surface area (Å²) >= 11 is 0. The van der Waals surface area contributed by atoms with Crippen LogP contribution in [0.2, 0.25) is 0 Å². The van der Waals surface area contributed by atoms with Gasteiger partial charge in [0.15, 0.2) is 0 Å². The Bertz CT molecular complexity index is 863. The average Bonchev–Trinajstić information content (AvgIpc) is 3.11. The predicted molar refractivity (Wildman–Crippen MR) is 222 cm³/mol. The van der Waals surface area contributed by atoms with Gasteiger partial charge >= 0.3 is 5.97 Å². The number of unbranched alkanes of at least 4 members (excludes halogenated alkanes) is 26. The van der Waals surface area contributed by atoms with E-state index in [0.717, 1.165) is 32.1 Å². The lowest BCUT2D eigenvalue weighted by Gasteiger charge is -2.28. The molecule has 0 aromatic carbocycles. The molecule has 0 bridgehead atoms. The van der Waals surface area contributed by atoms with E-state index in [1.165, 1.54) is 154 Å². The van der Waals surface area contributed by atoms with Gasteiger partial charge in [-0.05, 0) is 38.5 Å². The number of carbonyl (C=O) groups is 1. The van der Waals surface area contributed by atoms with E-state index < -0.39 is 13.9 Å². The summed E-state index contributed by atoms with van der Waals surface area (Å²) in [6.45, 7) is 5.43. The number of allylic oxidation sites excluding steroid dienone is 2. The molecule has 9 heteroatoms. The molecule has 0 spiro atoms. The van der Waals surface area contributed by atoms with Gasteiger partial charge in [-0.1, -0.05) is 174 Å². The van der Waals surface area contributed by atoms with E-state index in [9.17, 15) is 14.3 Å². The molecule has 0 aromatic heterocycles. The van der Waals surface area contributed by atoms with Crippen molar-refractivity contribution >= 4 is 13.8 Å². The zero-order valence-corrected chi connectivity index (χ0v) is 36.6. The number of nitrogens with zero attached hydrogens (tertiary/aromatic N) is 1. The van der Waals surface area contributed by atoms with Gasteiger partial charge in [0.2, 0.25) is 0 Å². The van der Waals surface area contributed by atoms with Crippen LogP contribution in [0.25, 0.3) is 0 Å². The summed E-state index contributed by atoms with van der Waals surface area (Å²) < 4.78 is 34.6. The third kappa shape index (κ3) is 42.2. The van der Waals surface area contributed by atoms with Gasteiger partial charge < -0.3 is 27.9 Å². The summed E-state index contributed by atoms with van der Waals surface area (Å²) in [6, 6.07) is 0. The number of quaternary nitrogens is 1. The standard InChI is InChI=1S/C44H88NO7P/c1-6-8-10-12-14-16-18-20-22-23-24-26-28-30-32-34-36-39-49-41-43(42-51-53(47,48)50-40-38-45(3,4)5)52-44(46)37-35-33-31-29-27-25-21-19-17-15-13-11-9-7-2/h22-23,43H,6-21,24-42H2,1-5H3/b23-22-. The van der Waals surface area contributed by atoms with E-state index in [2.05, 4.69) is 26.0 Å². The van der Waals surface area contributed by atoms with Crippen molar-refractivity contribution in [3.05, 3.63) is 12.2 Å². The summed E-state index contributed by atoms with van der Waals surface area (Å²) in [6.07, 6.45) is 40.7. The second-order valence-corrected chi connectivity index (χ2v) is 17.8. The Hall–Kier alpha value is -0.760. The van der Waals surface area contributed by atoms with Crippen molar-refractivity contribution in [2.24, 2.45) is 0 Å². The maximum absolute atomic E-state index is 12.7. The molecule has 0 rings (SSSR count). The van der Waals surface area contributed by atoms with Crippen LogP contribution >= 0.6 is 7.82 Å². The summed E-state index contributed by atoms with van der Waals surface area (Å²) in [5, 5.41) is 0. The van der Waals surface area contributed by atoms with Gasteiger partial charge in [-0.25, -0.2) is 0 Å². The molecular weight excluding hydrogens is 685 g/mol. The Balaban J connectivity index is 4.20. The molecule has 8 nitrogen and oxygen atoms in total. The number of esters is 1. The van der Waals surface area contributed by atoms with Crippen LogP contribution < -0.4 is 4.89 Å². The van der Waals surface area contributed by atoms with Crippen LogP contribution in [0.4, 0.5) is 0 Å². The van der Waals surface area contributed by atoms with E-state index in [4.69, 9.17) is 18.5 Å². The number of phosphoric acid groups is 1. The van der Waals surface area contributed by atoms with Crippen molar-refractivity contribution in [3.63, 3.8) is 0 Å². The van der Waals surface area contributed by atoms with Crippen LogP contribution in [0.15, 0.2) is 12.2 Å². The van der Waals surface area contributed by atoms with E-state index in [-0.39, 0.29) is 25.8 Å². The molecule has 0 amide bonds. The summed E-state index contributed by atoms with van der Waals surface area (Å²) in [5.41, 5.74) is 0. The highest BCUT2D eigenvalue weighted by Gasteiger charge is 2.20. The topological polar surface area (TPSA) is 94.1 Å². The highest BCUT2D eigenvalue weighted by molar-refractivity contribution is 7.45. The number of phosphoric ester groups is 1. The largest absolute Gasteiger partial charge is 0.756 e. The lowest BCUT2D eigenvalue weighted by atomic mass is 10.0. The molecule has 0 saturated carbocycles. The molecule has 0 aliphatic heterocycles. The molecular formula is C44H88NO7P. The zero-order valence-electron chi connectivity index (χ0n) is 35.7. The van der Waals surface area contributed by atoms with Gasteiger partial charge in [-0.15, -0.1) is 0 Å². The Kier molecular flexibility index (Phi) is 37.6. The van der Waals surface area contributed by atoms with Crippen molar-refractivity contribution < 1.29 is 37.3 Å². The Morgan fingerprint density at radius 1 is 0.566 bits per heavy atom.